The van der Waals surface area contributed by atoms with Crippen LogP contribution in [-0.4, -0.2) is 21.0 Å². The Kier molecular flexibility index (Phi) is 6.40. The van der Waals surface area contributed by atoms with E-state index in [1.165, 1.54) is 0 Å². The molecule has 0 aliphatic rings. The number of benzene rings is 1. The molecule has 0 amide bonds. The van der Waals surface area contributed by atoms with Crippen molar-refractivity contribution in [1.82, 2.24) is 10.0 Å². The zero-order valence-corrected chi connectivity index (χ0v) is 15.8. The van der Waals surface area contributed by atoms with E-state index in [0.717, 1.165) is 24.0 Å². The molecule has 120 valence electrons. The number of sulfonamides is 1. The fourth-order valence-corrected chi connectivity index (χ4v) is 4.92. The topological polar surface area (TPSA) is 58.2 Å². The maximum atomic E-state index is 12.7. The van der Waals surface area contributed by atoms with Crippen molar-refractivity contribution in [3.63, 3.8) is 0 Å². The Labute approximate surface area is 136 Å². The highest BCUT2D eigenvalue weighted by molar-refractivity contribution is 9.10. The second-order valence-corrected chi connectivity index (χ2v) is 8.44. The van der Waals surface area contributed by atoms with Gasteiger partial charge in [-0.25, -0.2) is 13.1 Å². The molecule has 1 aromatic rings. The highest BCUT2D eigenvalue weighted by Crippen LogP contribution is 2.28. The highest BCUT2D eigenvalue weighted by atomic mass is 79.9. The van der Waals surface area contributed by atoms with Gasteiger partial charge in [-0.15, -0.1) is 0 Å². The van der Waals surface area contributed by atoms with Gasteiger partial charge in [-0.05, 0) is 67.4 Å². The summed E-state index contributed by atoms with van der Waals surface area (Å²) in [6, 6.07) is 3.70. The standard InChI is InChI=1S/C15H25BrN2O2S/c1-6-7-15(3,4)18-21(19,20)13-9-12(10-17-5)8-11(2)14(13)16/h8-9,17-18H,6-7,10H2,1-5H3. The Balaban J connectivity index is 3.24. The van der Waals surface area contributed by atoms with E-state index < -0.39 is 15.6 Å². The lowest BCUT2D eigenvalue weighted by Gasteiger charge is -2.26. The lowest BCUT2D eigenvalue weighted by Crippen LogP contribution is -2.43. The van der Waals surface area contributed by atoms with Gasteiger partial charge in [0.15, 0.2) is 0 Å². The van der Waals surface area contributed by atoms with Gasteiger partial charge in [0.1, 0.15) is 0 Å². The molecule has 0 spiro atoms. The molecule has 1 rings (SSSR count). The monoisotopic (exact) mass is 376 g/mol. The summed E-state index contributed by atoms with van der Waals surface area (Å²) >= 11 is 3.41. The summed E-state index contributed by atoms with van der Waals surface area (Å²) in [4.78, 5) is 0.303. The lowest BCUT2D eigenvalue weighted by atomic mass is 10.0. The van der Waals surface area contributed by atoms with Gasteiger partial charge in [0.2, 0.25) is 10.0 Å². The van der Waals surface area contributed by atoms with Gasteiger partial charge >= 0.3 is 0 Å². The van der Waals surface area contributed by atoms with Crippen LogP contribution in [0.25, 0.3) is 0 Å². The summed E-state index contributed by atoms with van der Waals surface area (Å²) in [7, 11) is -1.72. The van der Waals surface area contributed by atoms with Gasteiger partial charge in [0.25, 0.3) is 0 Å². The van der Waals surface area contributed by atoms with Gasteiger partial charge in [-0.3, -0.25) is 0 Å². The van der Waals surface area contributed by atoms with Crippen molar-refractivity contribution in [2.45, 2.75) is 57.5 Å². The first-order valence-corrected chi connectivity index (χ1v) is 9.38. The van der Waals surface area contributed by atoms with Crippen molar-refractivity contribution in [2.24, 2.45) is 0 Å². The van der Waals surface area contributed by atoms with Crippen LogP contribution in [-0.2, 0) is 16.6 Å². The van der Waals surface area contributed by atoms with Gasteiger partial charge < -0.3 is 5.32 Å². The van der Waals surface area contributed by atoms with Crippen LogP contribution in [0.4, 0.5) is 0 Å². The fraction of sp³-hybridized carbons (Fsp3) is 0.600. The van der Waals surface area contributed by atoms with E-state index in [0.29, 0.717) is 15.9 Å². The van der Waals surface area contributed by atoms with Crippen LogP contribution in [0.1, 0.15) is 44.7 Å². The zero-order chi connectivity index (χ0) is 16.3. The SMILES string of the molecule is CCCC(C)(C)NS(=O)(=O)c1cc(CNC)cc(C)c1Br. The van der Waals surface area contributed by atoms with Crippen molar-refractivity contribution in [1.29, 1.82) is 0 Å². The molecule has 0 saturated heterocycles. The first kappa shape index (κ1) is 18.6. The van der Waals surface area contributed by atoms with Crippen LogP contribution in [0.5, 0.6) is 0 Å². The summed E-state index contributed by atoms with van der Waals surface area (Å²) < 4.78 is 28.8. The Bertz CT molecular complexity index is 598. The van der Waals surface area contributed by atoms with Crippen LogP contribution >= 0.6 is 15.9 Å². The molecule has 0 atom stereocenters. The van der Waals surface area contributed by atoms with Crippen molar-refractivity contribution in [2.75, 3.05) is 7.05 Å². The van der Waals surface area contributed by atoms with Crippen molar-refractivity contribution >= 4 is 26.0 Å². The second kappa shape index (κ2) is 7.22. The first-order valence-electron chi connectivity index (χ1n) is 7.10. The van der Waals surface area contributed by atoms with Crippen molar-refractivity contribution in [3.8, 4) is 0 Å². The van der Waals surface area contributed by atoms with Crippen LogP contribution in [0.3, 0.4) is 0 Å². The molecule has 6 heteroatoms. The number of nitrogens with one attached hydrogen (secondary N) is 2. The number of rotatable bonds is 7. The molecule has 21 heavy (non-hydrogen) atoms. The third-order valence-electron chi connectivity index (χ3n) is 3.24. The molecule has 0 aliphatic carbocycles. The minimum atomic E-state index is -3.56. The van der Waals surface area contributed by atoms with Gasteiger partial charge in [0.05, 0.1) is 4.90 Å². The van der Waals surface area contributed by atoms with E-state index in [1.807, 2.05) is 40.8 Å². The molecule has 0 radical (unpaired) electrons. The molecule has 1 aromatic carbocycles. The third kappa shape index (κ3) is 5.06. The average Bonchev–Trinajstić information content (AvgIpc) is 2.32. The molecular formula is C15H25BrN2O2S. The van der Waals surface area contributed by atoms with Crippen molar-refractivity contribution in [3.05, 3.63) is 27.7 Å². The summed E-state index contributed by atoms with van der Waals surface area (Å²) in [5.74, 6) is 0. The second-order valence-electron chi connectivity index (χ2n) is 5.99. The molecule has 4 nitrogen and oxygen atoms in total. The summed E-state index contributed by atoms with van der Waals surface area (Å²) in [5.41, 5.74) is 1.41. The molecule has 2 N–H and O–H groups in total. The summed E-state index contributed by atoms with van der Waals surface area (Å²) in [6.07, 6.45) is 1.72. The number of halogens is 1. The van der Waals surface area contributed by atoms with Crippen LogP contribution in [0, 0.1) is 6.92 Å². The molecule has 0 aromatic heterocycles. The minimum absolute atomic E-state index is 0.303. The molecule has 0 heterocycles. The van der Waals surface area contributed by atoms with Gasteiger partial charge in [-0.2, -0.15) is 0 Å². The predicted octanol–water partition coefficient (Wildman–Crippen LogP) is 3.33. The maximum absolute atomic E-state index is 12.7. The normalized spacial score (nSPS) is 12.7. The Morgan fingerprint density at radius 1 is 1.29 bits per heavy atom. The minimum Gasteiger partial charge on any atom is -0.316 e. The summed E-state index contributed by atoms with van der Waals surface area (Å²) in [6.45, 7) is 8.40. The molecular weight excluding hydrogens is 352 g/mol. The Morgan fingerprint density at radius 2 is 1.90 bits per heavy atom. The maximum Gasteiger partial charge on any atom is 0.242 e. The Hall–Kier alpha value is -0.430. The Morgan fingerprint density at radius 3 is 2.43 bits per heavy atom. The highest BCUT2D eigenvalue weighted by Gasteiger charge is 2.27. The summed E-state index contributed by atoms with van der Waals surface area (Å²) in [5, 5.41) is 3.05. The molecule has 0 aliphatic heterocycles. The van der Waals surface area contributed by atoms with E-state index in [1.54, 1.807) is 6.07 Å². The van der Waals surface area contributed by atoms with E-state index in [-0.39, 0.29) is 0 Å². The van der Waals surface area contributed by atoms with Crippen LogP contribution < -0.4 is 10.0 Å². The van der Waals surface area contributed by atoms with Crippen LogP contribution in [0.2, 0.25) is 0 Å². The first-order chi connectivity index (χ1) is 9.63. The zero-order valence-electron chi connectivity index (χ0n) is 13.4. The van der Waals surface area contributed by atoms with Gasteiger partial charge in [-0.1, -0.05) is 19.4 Å². The quantitative estimate of drug-likeness (QED) is 0.766. The number of hydrogen-bond acceptors (Lipinski definition) is 3. The van der Waals surface area contributed by atoms with E-state index in [4.69, 9.17) is 0 Å². The van der Waals surface area contributed by atoms with Crippen LogP contribution in [0.15, 0.2) is 21.5 Å². The largest absolute Gasteiger partial charge is 0.316 e. The smallest absolute Gasteiger partial charge is 0.242 e. The van der Waals surface area contributed by atoms with Gasteiger partial charge in [0, 0.05) is 16.6 Å². The van der Waals surface area contributed by atoms with E-state index in [2.05, 4.69) is 26.0 Å². The molecule has 0 saturated carbocycles. The van der Waals surface area contributed by atoms with E-state index in [9.17, 15) is 8.42 Å². The number of hydrogen-bond donors (Lipinski definition) is 2. The molecule has 0 unspecified atom stereocenters. The average molecular weight is 377 g/mol. The fourth-order valence-electron chi connectivity index (χ4n) is 2.41. The van der Waals surface area contributed by atoms with Crippen molar-refractivity contribution < 1.29 is 8.42 Å². The van der Waals surface area contributed by atoms with E-state index >= 15 is 0 Å². The predicted molar refractivity (Wildman–Crippen MR) is 91.0 cm³/mol. The third-order valence-corrected chi connectivity index (χ3v) is 6.27. The molecule has 0 bridgehead atoms. The molecule has 0 fully saturated rings. The lowest BCUT2D eigenvalue weighted by molar-refractivity contribution is 0.417. The number of aryl methyl sites for hydroxylation is 1.